The number of hydrogen-bond acceptors (Lipinski definition) is 3. The summed E-state index contributed by atoms with van der Waals surface area (Å²) in [6, 6.07) is 12.8. The van der Waals surface area contributed by atoms with Gasteiger partial charge in [0, 0.05) is 17.8 Å². The number of para-hydroxylation sites is 2. The van der Waals surface area contributed by atoms with Gasteiger partial charge in [0.1, 0.15) is 11.8 Å². The van der Waals surface area contributed by atoms with Gasteiger partial charge in [-0.1, -0.05) is 50.2 Å². The van der Waals surface area contributed by atoms with Crippen molar-refractivity contribution in [3.05, 3.63) is 60.2 Å². The minimum Gasteiger partial charge on any atom is -0.405 e. The summed E-state index contributed by atoms with van der Waals surface area (Å²) in [5, 5.41) is 7.74. The second-order valence-corrected chi connectivity index (χ2v) is 6.56. The van der Waals surface area contributed by atoms with E-state index < -0.39 is 30.1 Å². The lowest BCUT2D eigenvalue weighted by Crippen LogP contribution is -2.50. The smallest absolute Gasteiger partial charge is 0.405 e. The van der Waals surface area contributed by atoms with Gasteiger partial charge in [-0.05, 0) is 24.1 Å². The molecule has 0 fully saturated rings. The van der Waals surface area contributed by atoms with Crippen molar-refractivity contribution in [3.63, 3.8) is 0 Å². The van der Waals surface area contributed by atoms with Crippen LogP contribution in [0, 0.1) is 5.92 Å². The summed E-state index contributed by atoms with van der Waals surface area (Å²) in [4.78, 5) is 24.7. The molecule has 9 heteroatoms. The van der Waals surface area contributed by atoms with E-state index in [4.69, 9.17) is 0 Å². The number of carbonyl (C=O) groups excluding carboxylic acids is 2. The molecular formula is C20H22F3N3O3. The van der Waals surface area contributed by atoms with Crippen LogP contribution in [0.4, 0.5) is 23.7 Å². The minimum absolute atomic E-state index is 0.161. The minimum atomic E-state index is -4.84. The van der Waals surface area contributed by atoms with Gasteiger partial charge in [-0.2, -0.15) is 0 Å². The third-order valence-electron chi connectivity index (χ3n) is 3.92. The predicted octanol–water partition coefficient (Wildman–Crippen LogP) is 4.05. The summed E-state index contributed by atoms with van der Waals surface area (Å²) in [5.41, 5.74) is 0.723. The molecule has 0 radical (unpaired) electrons. The Balaban J connectivity index is 1.99. The van der Waals surface area contributed by atoms with Crippen LogP contribution in [0.2, 0.25) is 0 Å². The van der Waals surface area contributed by atoms with Gasteiger partial charge in [0.05, 0.1) is 0 Å². The van der Waals surface area contributed by atoms with Crippen LogP contribution in [-0.4, -0.2) is 24.3 Å². The third-order valence-corrected chi connectivity index (χ3v) is 3.92. The molecule has 1 unspecified atom stereocenters. The van der Waals surface area contributed by atoms with E-state index in [1.165, 1.54) is 24.3 Å². The second-order valence-electron chi connectivity index (χ2n) is 6.56. The number of nitrogens with one attached hydrogen (secondary N) is 3. The zero-order valence-corrected chi connectivity index (χ0v) is 15.9. The van der Waals surface area contributed by atoms with Crippen LogP contribution >= 0.6 is 0 Å². The number of amides is 3. The molecule has 0 aliphatic carbocycles. The highest BCUT2D eigenvalue weighted by atomic mass is 19.4. The van der Waals surface area contributed by atoms with Crippen molar-refractivity contribution in [2.45, 2.75) is 32.8 Å². The molecule has 0 aliphatic heterocycles. The Bertz CT molecular complexity index is 826. The molecule has 2 aromatic carbocycles. The van der Waals surface area contributed by atoms with E-state index in [1.807, 2.05) is 0 Å². The van der Waals surface area contributed by atoms with Gasteiger partial charge in [-0.25, -0.2) is 4.79 Å². The number of ether oxygens (including phenoxy) is 1. The van der Waals surface area contributed by atoms with Crippen molar-refractivity contribution in [3.8, 4) is 5.75 Å². The van der Waals surface area contributed by atoms with Crippen molar-refractivity contribution >= 4 is 17.6 Å². The van der Waals surface area contributed by atoms with Crippen LogP contribution in [-0.2, 0) is 11.3 Å². The zero-order valence-electron chi connectivity index (χ0n) is 15.9. The first-order valence-corrected chi connectivity index (χ1v) is 8.89. The largest absolute Gasteiger partial charge is 0.573 e. The molecule has 0 aliphatic rings. The van der Waals surface area contributed by atoms with Gasteiger partial charge in [0.15, 0.2) is 0 Å². The molecule has 6 nitrogen and oxygen atoms in total. The number of benzene rings is 2. The van der Waals surface area contributed by atoms with Gasteiger partial charge in [-0.3, -0.25) is 4.79 Å². The van der Waals surface area contributed by atoms with Crippen molar-refractivity contribution in [1.82, 2.24) is 10.6 Å². The van der Waals surface area contributed by atoms with E-state index in [-0.39, 0.29) is 18.0 Å². The molecular weight excluding hydrogens is 387 g/mol. The molecule has 3 N–H and O–H groups in total. The molecule has 0 bridgehead atoms. The highest BCUT2D eigenvalue weighted by Crippen LogP contribution is 2.26. The highest BCUT2D eigenvalue weighted by Gasteiger charge is 2.32. The number of urea groups is 1. The second kappa shape index (κ2) is 9.81. The highest BCUT2D eigenvalue weighted by molar-refractivity contribution is 5.93. The number of hydrogen-bond donors (Lipinski definition) is 3. The Morgan fingerprint density at radius 2 is 1.62 bits per heavy atom. The van der Waals surface area contributed by atoms with Crippen LogP contribution in [0.25, 0.3) is 0 Å². The van der Waals surface area contributed by atoms with Gasteiger partial charge in [0.25, 0.3) is 0 Å². The van der Waals surface area contributed by atoms with Crippen molar-refractivity contribution in [2.75, 3.05) is 5.32 Å². The fraction of sp³-hybridized carbons (Fsp3) is 0.300. The van der Waals surface area contributed by atoms with Gasteiger partial charge >= 0.3 is 12.4 Å². The Hall–Kier alpha value is -3.23. The van der Waals surface area contributed by atoms with Crippen LogP contribution in [0.5, 0.6) is 5.75 Å². The maximum absolute atomic E-state index is 12.5. The molecule has 0 saturated heterocycles. The summed E-state index contributed by atoms with van der Waals surface area (Å²) >= 11 is 0. The standard InChI is InChI=1S/C20H22F3N3O3/c1-13(2)17(26-19(28)25-15-9-4-3-5-10-15)18(27)24-12-14-8-6-7-11-16(14)29-20(21,22)23/h3-11,13,17H,12H2,1-2H3,(H,24,27)(H2,25,26,28). The number of rotatable bonds is 7. The average molecular weight is 409 g/mol. The van der Waals surface area contributed by atoms with E-state index in [0.29, 0.717) is 5.69 Å². The topological polar surface area (TPSA) is 79.5 Å². The summed E-state index contributed by atoms with van der Waals surface area (Å²) in [7, 11) is 0. The fourth-order valence-electron chi connectivity index (χ4n) is 2.53. The summed E-state index contributed by atoms with van der Waals surface area (Å²) in [6.07, 6.45) is -4.84. The van der Waals surface area contributed by atoms with E-state index in [9.17, 15) is 22.8 Å². The van der Waals surface area contributed by atoms with Crippen LogP contribution in [0.1, 0.15) is 19.4 Å². The lowest BCUT2D eigenvalue weighted by molar-refractivity contribution is -0.274. The van der Waals surface area contributed by atoms with Crippen molar-refractivity contribution < 1.29 is 27.5 Å². The number of halogens is 3. The predicted molar refractivity (Wildman–Crippen MR) is 102 cm³/mol. The fourth-order valence-corrected chi connectivity index (χ4v) is 2.53. The Kier molecular flexibility index (Phi) is 7.46. The number of alkyl halides is 3. The Morgan fingerprint density at radius 1 is 1.00 bits per heavy atom. The number of carbonyl (C=O) groups is 2. The maximum Gasteiger partial charge on any atom is 0.573 e. The average Bonchev–Trinajstić information content (AvgIpc) is 2.64. The van der Waals surface area contributed by atoms with Crippen LogP contribution in [0.15, 0.2) is 54.6 Å². The Morgan fingerprint density at radius 3 is 2.24 bits per heavy atom. The molecule has 156 valence electrons. The molecule has 3 amide bonds. The van der Waals surface area contributed by atoms with Crippen molar-refractivity contribution in [1.29, 1.82) is 0 Å². The Labute approximate surface area is 166 Å². The van der Waals surface area contributed by atoms with Crippen LogP contribution in [0.3, 0.4) is 0 Å². The molecule has 0 saturated carbocycles. The third kappa shape index (κ3) is 7.36. The zero-order chi connectivity index (χ0) is 21.4. The first kappa shape index (κ1) is 22.1. The lowest BCUT2D eigenvalue weighted by Gasteiger charge is -2.22. The first-order chi connectivity index (χ1) is 13.7. The molecule has 0 spiro atoms. The lowest BCUT2D eigenvalue weighted by atomic mass is 10.0. The quantitative estimate of drug-likeness (QED) is 0.646. The van der Waals surface area contributed by atoms with E-state index >= 15 is 0 Å². The molecule has 1 atom stereocenters. The number of anilines is 1. The van der Waals surface area contributed by atoms with Gasteiger partial charge in [0.2, 0.25) is 5.91 Å². The summed E-state index contributed by atoms with van der Waals surface area (Å²) in [5.74, 6) is -1.17. The molecule has 2 aromatic rings. The molecule has 0 aromatic heterocycles. The van der Waals surface area contributed by atoms with Crippen LogP contribution < -0.4 is 20.7 Å². The first-order valence-electron chi connectivity index (χ1n) is 8.89. The van der Waals surface area contributed by atoms with E-state index in [2.05, 4.69) is 20.7 Å². The molecule has 29 heavy (non-hydrogen) atoms. The van der Waals surface area contributed by atoms with E-state index in [0.717, 1.165) is 0 Å². The SMILES string of the molecule is CC(C)C(NC(=O)Nc1ccccc1)C(=O)NCc1ccccc1OC(F)(F)F. The maximum atomic E-state index is 12.5. The van der Waals surface area contributed by atoms with Gasteiger partial charge < -0.3 is 20.7 Å². The van der Waals surface area contributed by atoms with Crippen molar-refractivity contribution in [2.24, 2.45) is 5.92 Å². The van der Waals surface area contributed by atoms with E-state index in [1.54, 1.807) is 44.2 Å². The molecule has 0 heterocycles. The van der Waals surface area contributed by atoms with Gasteiger partial charge in [-0.15, -0.1) is 13.2 Å². The molecule has 2 rings (SSSR count). The normalized spacial score (nSPS) is 12.2. The monoisotopic (exact) mass is 409 g/mol. The summed E-state index contributed by atoms with van der Waals surface area (Å²) in [6.45, 7) is 3.30. The summed E-state index contributed by atoms with van der Waals surface area (Å²) < 4.78 is 41.5.